The molecule has 1 aromatic rings. The third-order valence-electron chi connectivity index (χ3n) is 1.36. The van der Waals surface area contributed by atoms with Crippen LogP contribution in [0, 0.1) is 0 Å². The van der Waals surface area contributed by atoms with Crippen molar-refractivity contribution in [3.05, 3.63) is 28.2 Å². The summed E-state index contributed by atoms with van der Waals surface area (Å²) in [5.74, 6) is -0.617. The monoisotopic (exact) mass is 230 g/mol. The zero-order valence-corrected chi connectivity index (χ0v) is 7.63. The number of halogens is 1. The summed E-state index contributed by atoms with van der Waals surface area (Å²) in [4.78, 5) is 10.9. The van der Waals surface area contributed by atoms with Crippen molar-refractivity contribution in [1.29, 1.82) is 0 Å². The Morgan fingerprint density at radius 1 is 1.58 bits per heavy atom. The molecule has 0 spiro atoms. The number of hydrogen-bond acceptors (Lipinski definition) is 3. The molecule has 1 aromatic carbocycles. The van der Waals surface area contributed by atoms with Gasteiger partial charge in [0, 0.05) is 10.2 Å². The lowest BCUT2D eigenvalue weighted by Gasteiger charge is -2.02. The van der Waals surface area contributed by atoms with E-state index in [0.717, 1.165) is 4.47 Å². The van der Waals surface area contributed by atoms with Gasteiger partial charge in [0.25, 0.3) is 5.91 Å². The number of carbonyl (C=O) groups is 1. The van der Waals surface area contributed by atoms with Crippen LogP contribution in [-0.4, -0.2) is 11.1 Å². The molecule has 0 saturated heterocycles. The maximum atomic E-state index is 10.9. The number of hydrogen-bond donors (Lipinski definition) is 3. The maximum absolute atomic E-state index is 10.9. The molecular formula is C7H7BrN2O2. The Balaban J connectivity index is 3.13. The first-order valence-corrected chi connectivity index (χ1v) is 3.94. The van der Waals surface area contributed by atoms with E-state index in [0.29, 0.717) is 5.69 Å². The van der Waals surface area contributed by atoms with Crippen LogP contribution in [0.3, 0.4) is 0 Å². The van der Waals surface area contributed by atoms with E-state index in [2.05, 4.69) is 15.9 Å². The summed E-state index contributed by atoms with van der Waals surface area (Å²) in [5, 5.41) is 8.33. The van der Waals surface area contributed by atoms with Crippen molar-refractivity contribution in [3.8, 4) is 0 Å². The topological polar surface area (TPSA) is 75.4 Å². The van der Waals surface area contributed by atoms with Gasteiger partial charge in [0.05, 0.1) is 5.56 Å². The Hall–Kier alpha value is -1.07. The fourth-order valence-corrected chi connectivity index (χ4v) is 1.15. The summed E-state index contributed by atoms with van der Waals surface area (Å²) in [6, 6.07) is 4.82. The molecule has 0 fully saturated rings. The maximum Gasteiger partial charge on any atom is 0.276 e. The predicted molar refractivity (Wildman–Crippen MR) is 47.8 cm³/mol. The van der Waals surface area contributed by atoms with Crippen LogP contribution < -0.4 is 11.2 Å². The van der Waals surface area contributed by atoms with E-state index in [1.54, 1.807) is 12.1 Å². The van der Waals surface area contributed by atoms with Crippen LogP contribution in [0.15, 0.2) is 22.7 Å². The Bertz CT molecular complexity index is 314. The summed E-state index contributed by atoms with van der Waals surface area (Å²) in [7, 11) is 0. The summed E-state index contributed by atoms with van der Waals surface area (Å²) in [6.45, 7) is 0. The van der Waals surface area contributed by atoms with Crippen molar-refractivity contribution in [2.24, 2.45) is 0 Å². The number of nitrogens with one attached hydrogen (secondary N) is 1. The molecule has 0 bridgehead atoms. The minimum atomic E-state index is -0.617. The molecular weight excluding hydrogens is 224 g/mol. The van der Waals surface area contributed by atoms with Gasteiger partial charge in [-0.15, -0.1) is 0 Å². The molecule has 0 heterocycles. The van der Waals surface area contributed by atoms with Gasteiger partial charge >= 0.3 is 0 Å². The highest BCUT2D eigenvalue weighted by Gasteiger charge is 2.07. The molecule has 0 atom stereocenters. The van der Waals surface area contributed by atoms with Crippen LogP contribution in [0.4, 0.5) is 5.69 Å². The Morgan fingerprint density at radius 3 is 2.83 bits per heavy atom. The lowest BCUT2D eigenvalue weighted by Crippen LogP contribution is -2.19. The second-order valence-electron chi connectivity index (χ2n) is 2.17. The van der Waals surface area contributed by atoms with Crippen LogP contribution in [0.25, 0.3) is 0 Å². The molecule has 64 valence electrons. The summed E-state index contributed by atoms with van der Waals surface area (Å²) in [6.07, 6.45) is 0. The number of anilines is 1. The van der Waals surface area contributed by atoms with E-state index in [-0.39, 0.29) is 5.56 Å². The van der Waals surface area contributed by atoms with Crippen molar-refractivity contribution >= 4 is 27.5 Å². The van der Waals surface area contributed by atoms with Gasteiger partial charge in [0.15, 0.2) is 0 Å². The van der Waals surface area contributed by atoms with Gasteiger partial charge in [-0.1, -0.05) is 15.9 Å². The van der Waals surface area contributed by atoms with E-state index in [1.807, 2.05) is 0 Å². The van der Waals surface area contributed by atoms with E-state index in [1.165, 1.54) is 11.5 Å². The number of hydroxylamine groups is 1. The molecule has 0 saturated carbocycles. The third-order valence-corrected chi connectivity index (χ3v) is 1.85. The normalized spacial score (nSPS) is 9.50. The zero-order valence-electron chi connectivity index (χ0n) is 6.04. The highest BCUT2D eigenvalue weighted by atomic mass is 79.9. The van der Waals surface area contributed by atoms with E-state index in [4.69, 9.17) is 10.9 Å². The molecule has 1 rings (SSSR count). The number of benzene rings is 1. The second kappa shape index (κ2) is 3.55. The summed E-state index contributed by atoms with van der Waals surface area (Å²) < 4.78 is 0.732. The molecule has 1 amide bonds. The average Bonchev–Trinajstić information content (AvgIpc) is 2.08. The number of amides is 1. The number of nitrogen functional groups attached to an aromatic ring is 1. The van der Waals surface area contributed by atoms with Gasteiger partial charge in [0.1, 0.15) is 0 Å². The standard InChI is InChI=1S/C7H7BrN2O2/c8-4-1-2-6(9)5(3-4)7(11)10-12/h1-3,12H,9H2,(H,10,11). The van der Waals surface area contributed by atoms with Crippen molar-refractivity contribution < 1.29 is 10.0 Å². The van der Waals surface area contributed by atoms with Crippen LogP contribution >= 0.6 is 15.9 Å². The van der Waals surface area contributed by atoms with E-state index >= 15 is 0 Å². The smallest absolute Gasteiger partial charge is 0.276 e. The molecule has 0 aromatic heterocycles. The molecule has 0 radical (unpaired) electrons. The minimum absolute atomic E-state index is 0.242. The highest BCUT2D eigenvalue weighted by molar-refractivity contribution is 9.10. The fraction of sp³-hybridized carbons (Fsp3) is 0. The van der Waals surface area contributed by atoms with E-state index < -0.39 is 5.91 Å². The zero-order chi connectivity index (χ0) is 9.14. The van der Waals surface area contributed by atoms with Gasteiger partial charge < -0.3 is 5.73 Å². The van der Waals surface area contributed by atoms with Gasteiger partial charge in [-0.3, -0.25) is 10.0 Å². The molecule has 5 heteroatoms. The first-order chi connectivity index (χ1) is 5.65. The highest BCUT2D eigenvalue weighted by Crippen LogP contribution is 2.17. The van der Waals surface area contributed by atoms with Crippen LogP contribution in [0.1, 0.15) is 10.4 Å². The summed E-state index contributed by atoms with van der Waals surface area (Å²) in [5.41, 5.74) is 7.55. The van der Waals surface area contributed by atoms with Crippen molar-refractivity contribution in [2.75, 3.05) is 5.73 Å². The predicted octanol–water partition coefficient (Wildman–Crippen LogP) is 1.15. The quantitative estimate of drug-likeness (QED) is 0.385. The lowest BCUT2D eigenvalue weighted by atomic mass is 10.2. The molecule has 0 unspecified atom stereocenters. The Kier molecular flexibility index (Phi) is 2.67. The molecule has 0 aliphatic heterocycles. The number of rotatable bonds is 1. The van der Waals surface area contributed by atoms with Crippen LogP contribution in [0.2, 0.25) is 0 Å². The van der Waals surface area contributed by atoms with E-state index in [9.17, 15) is 4.79 Å². The molecule has 12 heavy (non-hydrogen) atoms. The number of carbonyl (C=O) groups excluding carboxylic acids is 1. The first kappa shape index (κ1) is 9.02. The van der Waals surface area contributed by atoms with Gasteiger partial charge in [-0.05, 0) is 18.2 Å². The largest absolute Gasteiger partial charge is 0.398 e. The first-order valence-electron chi connectivity index (χ1n) is 3.14. The van der Waals surface area contributed by atoms with Crippen molar-refractivity contribution in [1.82, 2.24) is 5.48 Å². The van der Waals surface area contributed by atoms with Crippen LogP contribution in [0.5, 0.6) is 0 Å². The van der Waals surface area contributed by atoms with Crippen molar-refractivity contribution in [2.45, 2.75) is 0 Å². The SMILES string of the molecule is Nc1ccc(Br)cc1C(=O)NO. The average molecular weight is 231 g/mol. The third kappa shape index (κ3) is 1.75. The molecule has 4 nitrogen and oxygen atoms in total. The second-order valence-corrected chi connectivity index (χ2v) is 3.09. The lowest BCUT2D eigenvalue weighted by molar-refractivity contribution is 0.0707. The molecule has 4 N–H and O–H groups in total. The van der Waals surface area contributed by atoms with Gasteiger partial charge in [0.2, 0.25) is 0 Å². The van der Waals surface area contributed by atoms with Gasteiger partial charge in [-0.2, -0.15) is 0 Å². The molecule has 0 aliphatic rings. The summed E-state index contributed by atoms with van der Waals surface area (Å²) >= 11 is 3.18. The Morgan fingerprint density at radius 2 is 2.25 bits per heavy atom. The van der Waals surface area contributed by atoms with Gasteiger partial charge in [-0.25, -0.2) is 5.48 Å². The Labute approximate surface area is 77.5 Å². The minimum Gasteiger partial charge on any atom is -0.398 e. The fourth-order valence-electron chi connectivity index (χ4n) is 0.785. The van der Waals surface area contributed by atoms with Crippen molar-refractivity contribution in [3.63, 3.8) is 0 Å². The molecule has 0 aliphatic carbocycles. The number of nitrogens with two attached hydrogens (primary N) is 1. The van der Waals surface area contributed by atoms with Crippen LogP contribution in [-0.2, 0) is 0 Å².